The van der Waals surface area contributed by atoms with E-state index in [1.54, 1.807) is 6.07 Å². The molecule has 0 spiro atoms. The van der Waals surface area contributed by atoms with Gasteiger partial charge in [-0.3, -0.25) is 4.79 Å². The number of aromatic nitrogens is 1. The van der Waals surface area contributed by atoms with E-state index in [9.17, 15) is 27.9 Å². The van der Waals surface area contributed by atoms with Crippen LogP contribution in [0.3, 0.4) is 0 Å². The fraction of sp³-hybridized carbons (Fsp3) is 0.393. The number of carboxylic acids is 1. The number of rotatable bonds is 11. The number of thiazole rings is 1. The fourth-order valence-electron chi connectivity index (χ4n) is 4.08. The first-order valence-corrected chi connectivity index (χ1v) is 13.4. The summed E-state index contributed by atoms with van der Waals surface area (Å²) >= 11 is 7.48. The molecule has 3 aromatic rings. The molecule has 0 saturated carbocycles. The molecular weight excluding hydrogens is 539 g/mol. The minimum absolute atomic E-state index is 0.0169. The number of carbonyl (C=O) groups is 2. The van der Waals surface area contributed by atoms with Gasteiger partial charge in [-0.1, -0.05) is 57.0 Å². The number of Topliss-reactive ketones (excluding diaryl/α,β-unsaturated/α-hetero) is 1. The summed E-state index contributed by atoms with van der Waals surface area (Å²) in [6.45, 7) is 7.13. The minimum Gasteiger partial charge on any atom is -0.478 e. The van der Waals surface area contributed by atoms with Crippen LogP contribution in [0.1, 0.15) is 79.4 Å². The predicted octanol–water partition coefficient (Wildman–Crippen LogP) is 8.44. The van der Waals surface area contributed by atoms with Crippen LogP contribution in [0.15, 0.2) is 42.5 Å². The number of ether oxygens (including phenoxy) is 1. The molecule has 1 unspecified atom stereocenters. The average Bonchev–Trinajstić information content (AvgIpc) is 3.28. The molecule has 10 heteroatoms. The molecule has 0 saturated heterocycles. The monoisotopic (exact) mass is 567 g/mol. The first-order valence-electron chi connectivity index (χ1n) is 12.2. The van der Waals surface area contributed by atoms with Gasteiger partial charge in [0, 0.05) is 22.4 Å². The van der Waals surface area contributed by atoms with Crippen LogP contribution in [0, 0.1) is 0 Å². The third kappa shape index (κ3) is 6.74. The van der Waals surface area contributed by atoms with Gasteiger partial charge >= 0.3 is 12.1 Å². The molecule has 1 heterocycles. The van der Waals surface area contributed by atoms with Gasteiger partial charge in [0.05, 0.1) is 16.3 Å². The predicted molar refractivity (Wildman–Crippen MR) is 142 cm³/mol. The van der Waals surface area contributed by atoms with Crippen molar-refractivity contribution in [1.82, 2.24) is 4.98 Å². The quantitative estimate of drug-likeness (QED) is 0.235. The summed E-state index contributed by atoms with van der Waals surface area (Å²) < 4.78 is 46.4. The Morgan fingerprint density at radius 3 is 2.42 bits per heavy atom. The van der Waals surface area contributed by atoms with Gasteiger partial charge in [-0.2, -0.15) is 13.2 Å². The highest BCUT2D eigenvalue weighted by atomic mass is 35.5. The topological polar surface area (TPSA) is 76.5 Å². The number of benzene rings is 2. The highest BCUT2D eigenvalue weighted by Gasteiger charge is 2.36. The number of carbonyl (C=O) groups excluding carboxylic acids is 1. The molecule has 0 aliphatic carbocycles. The summed E-state index contributed by atoms with van der Waals surface area (Å²) in [6.07, 6.45) is -3.23. The molecule has 0 bridgehead atoms. The van der Waals surface area contributed by atoms with E-state index in [1.807, 2.05) is 20.8 Å². The summed E-state index contributed by atoms with van der Waals surface area (Å²) in [5.41, 5.74) is -1.19. The van der Waals surface area contributed by atoms with E-state index in [-0.39, 0.29) is 45.9 Å². The van der Waals surface area contributed by atoms with Crippen molar-refractivity contribution in [3.05, 3.63) is 69.2 Å². The molecule has 0 radical (unpaired) electrons. The zero-order valence-corrected chi connectivity index (χ0v) is 23.1. The molecule has 0 aliphatic heterocycles. The second kappa shape index (κ2) is 11.9. The van der Waals surface area contributed by atoms with Crippen molar-refractivity contribution < 1.29 is 32.6 Å². The smallest absolute Gasteiger partial charge is 0.417 e. The Labute approximate surface area is 228 Å². The number of aryl methyl sites for hydroxylation is 1. The summed E-state index contributed by atoms with van der Waals surface area (Å²) in [7, 11) is 0. The van der Waals surface area contributed by atoms with Gasteiger partial charge in [0.2, 0.25) is 5.60 Å². The second-order valence-electron chi connectivity index (χ2n) is 9.48. The number of aliphatic carboxylic acids is 1. The van der Waals surface area contributed by atoms with Crippen molar-refractivity contribution in [1.29, 1.82) is 0 Å². The van der Waals surface area contributed by atoms with Gasteiger partial charge in [0.15, 0.2) is 5.78 Å². The lowest BCUT2D eigenvalue weighted by molar-refractivity contribution is -0.154. The molecule has 38 heavy (non-hydrogen) atoms. The van der Waals surface area contributed by atoms with E-state index < -0.39 is 23.3 Å². The molecule has 2 aromatic carbocycles. The van der Waals surface area contributed by atoms with Gasteiger partial charge < -0.3 is 9.84 Å². The van der Waals surface area contributed by atoms with E-state index in [1.165, 1.54) is 37.3 Å². The zero-order chi connectivity index (χ0) is 28.3. The number of alkyl halides is 3. The maximum atomic E-state index is 13.6. The molecular formula is C28H29ClF3NO4S. The van der Waals surface area contributed by atoms with E-state index >= 15 is 0 Å². The Hall–Kier alpha value is -2.91. The van der Waals surface area contributed by atoms with Crippen molar-refractivity contribution in [3.8, 4) is 16.3 Å². The normalized spacial score (nSPS) is 13.4. The molecule has 1 N–H and O–H groups in total. The number of hydrogen-bond donors (Lipinski definition) is 1. The maximum Gasteiger partial charge on any atom is 0.417 e. The highest BCUT2D eigenvalue weighted by molar-refractivity contribution is 7.15. The Morgan fingerprint density at radius 1 is 1.16 bits per heavy atom. The minimum atomic E-state index is -4.51. The molecule has 5 nitrogen and oxygen atoms in total. The van der Waals surface area contributed by atoms with Crippen molar-refractivity contribution >= 4 is 34.7 Å². The standard InChI is InChI=1S/C28H29ClF3NO4S/c1-5-14-27(4,26(35)36)37-22-12-10-17(15-20(22)29)21(34)11-13-23-24(16(2)3)33-25(38-23)18-8-6-7-9-19(18)28(30,31)32/h6-10,12,15-16H,5,11,13-14H2,1-4H3,(H,35,36). The number of carboxylic acid groups (broad SMARTS) is 1. The first kappa shape index (κ1) is 29.6. The number of nitrogens with zero attached hydrogens (tertiary/aromatic N) is 1. The lowest BCUT2D eigenvalue weighted by Crippen LogP contribution is -2.41. The van der Waals surface area contributed by atoms with Crippen LogP contribution in [0.5, 0.6) is 5.75 Å². The van der Waals surface area contributed by atoms with Gasteiger partial charge in [0.1, 0.15) is 10.8 Å². The summed E-state index contributed by atoms with van der Waals surface area (Å²) in [5, 5.41) is 9.93. The number of halogens is 4. The summed E-state index contributed by atoms with van der Waals surface area (Å²) in [4.78, 5) is 29.9. The molecule has 0 amide bonds. The molecule has 0 fully saturated rings. The SMILES string of the molecule is CCCC(C)(Oc1ccc(C(=O)CCc2sc(-c3ccccc3C(F)(F)F)nc2C(C)C)cc1Cl)C(=O)O. The van der Waals surface area contributed by atoms with Crippen molar-refractivity contribution in [2.24, 2.45) is 0 Å². The van der Waals surface area contributed by atoms with Gasteiger partial charge in [-0.15, -0.1) is 11.3 Å². The molecule has 1 atom stereocenters. The third-order valence-corrected chi connectivity index (χ3v) is 7.54. The van der Waals surface area contributed by atoms with Crippen molar-refractivity contribution in [2.75, 3.05) is 0 Å². The molecule has 3 rings (SSSR count). The molecule has 0 aliphatic rings. The van der Waals surface area contributed by atoms with E-state index in [0.717, 1.165) is 22.3 Å². The van der Waals surface area contributed by atoms with Gasteiger partial charge in [0.25, 0.3) is 0 Å². The van der Waals surface area contributed by atoms with E-state index in [4.69, 9.17) is 16.3 Å². The zero-order valence-electron chi connectivity index (χ0n) is 21.5. The molecule has 204 valence electrons. The number of ketones is 1. The van der Waals surface area contributed by atoms with Crippen LogP contribution < -0.4 is 4.74 Å². The third-order valence-electron chi connectivity index (χ3n) is 6.08. The first-order chi connectivity index (χ1) is 17.8. The van der Waals surface area contributed by atoms with Crippen LogP contribution in [0.4, 0.5) is 13.2 Å². The Balaban J connectivity index is 1.81. The van der Waals surface area contributed by atoms with Crippen LogP contribution in [0.2, 0.25) is 5.02 Å². The van der Waals surface area contributed by atoms with Crippen LogP contribution in [-0.4, -0.2) is 27.4 Å². The van der Waals surface area contributed by atoms with Gasteiger partial charge in [-0.05, 0) is 49.9 Å². The van der Waals surface area contributed by atoms with E-state index in [0.29, 0.717) is 24.1 Å². The number of hydrogen-bond acceptors (Lipinski definition) is 5. The second-order valence-corrected chi connectivity index (χ2v) is 11.0. The Kier molecular flexibility index (Phi) is 9.26. The lowest BCUT2D eigenvalue weighted by Gasteiger charge is -2.26. The van der Waals surface area contributed by atoms with Gasteiger partial charge in [-0.25, -0.2) is 9.78 Å². The average molecular weight is 568 g/mol. The summed E-state index contributed by atoms with van der Waals surface area (Å²) in [6, 6.07) is 9.77. The maximum absolute atomic E-state index is 13.6. The Morgan fingerprint density at radius 2 is 1.84 bits per heavy atom. The van der Waals surface area contributed by atoms with Crippen LogP contribution >= 0.6 is 22.9 Å². The van der Waals surface area contributed by atoms with Crippen molar-refractivity contribution in [3.63, 3.8) is 0 Å². The highest BCUT2D eigenvalue weighted by Crippen LogP contribution is 2.40. The largest absolute Gasteiger partial charge is 0.478 e. The van der Waals surface area contributed by atoms with Crippen molar-refractivity contribution in [2.45, 2.75) is 71.1 Å². The fourth-order valence-corrected chi connectivity index (χ4v) is 5.55. The van der Waals surface area contributed by atoms with Crippen LogP contribution in [0.25, 0.3) is 10.6 Å². The van der Waals surface area contributed by atoms with E-state index in [2.05, 4.69) is 4.98 Å². The van der Waals surface area contributed by atoms with Crippen LogP contribution in [-0.2, 0) is 17.4 Å². The Bertz CT molecular complexity index is 1320. The lowest BCUT2D eigenvalue weighted by atomic mass is 10.00. The molecule has 1 aromatic heterocycles. The summed E-state index contributed by atoms with van der Waals surface area (Å²) in [5.74, 6) is -1.20.